The molecule has 106 valence electrons. The van der Waals surface area contributed by atoms with Gasteiger partial charge in [-0.2, -0.15) is 0 Å². The van der Waals surface area contributed by atoms with Crippen molar-refractivity contribution < 1.29 is 4.79 Å². The molecular formula is C16H14N2OS2. The zero-order valence-corrected chi connectivity index (χ0v) is 12.9. The molecule has 0 aliphatic carbocycles. The summed E-state index contributed by atoms with van der Waals surface area (Å²) in [7, 11) is 0. The largest absolute Gasteiger partial charge is 0.349 e. The maximum Gasteiger partial charge on any atom is 0.230 e. The SMILES string of the molecule is O=C(CSc1ccccc1)NCc1nc2ccccc2s1. The number of aromatic nitrogens is 1. The first kappa shape index (κ1) is 14.1. The van der Waals surface area contributed by atoms with E-state index in [-0.39, 0.29) is 5.91 Å². The van der Waals surface area contributed by atoms with Gasteiger partial charge in [0.2, 0.25) is 5.91 Å². The predicted molar refractivity (Wildman–Crippen MR) is 88.6 cm³/mol. The number of thioether (sulfide) groups is 1. The lowest BCUT2D eigenvalue weighted by atomic mass is 10.3. The van der Waals surface area contributed by atoms with E-state index in [1.807, 2.05) is 54.6 Å². The first-order chi connectivity index (χ1) is 10.3. The molecule has 21 heavy (non-hydrogen) atoms. The van der Waals surface area contributed by atoms with Crippen LogP contribution >= 0.6 is 23.1 Å². The van der Waals surface area contributed by atoms with E-state index in [0.29, 0.717) is 12.3 Å². The van der Waals surface area contributed by atoms with Crippen LogP contribution in [-0.2, 0) is 11.3 Å². The lowest BCUT2D eigenvalue weighted by Crippen LogP contribution is -2.24. The van der Waals surface area contributed by atoms with Gasteiger partial charge < -0.3 is 5.32 Å². The molecular weight excluding hydrogens is 300 g/mol. The number of para-hydroxylation sites is 1. The van der Waals surface area contributed by atoms with Crippen molar-refractivity contribution in [3.8, 4) is 0 Å². The van der Waals surface area contributed by atoms with E-state index >= 15 is 0 Å². The molecule has 2 aromatic carbocycles. The third-order valence-corrected chi connectivity index (χ3v) is 4.94. The van der Waals surface area contributed by atoms with Crippen molar-refractivity contribution in [1.82, 2.24) is 10.3 Å². The Morgan fingerprint density at radius 3 is 2.67 bits per heavy atom. The maximum absolute atomic E-state index is 11.8. The lowest BCUT2D eigenvalue weighted by molar-refractivity contribution is -0.118. The molecule has 0 saturated heterocycles. The number of hydrogen-bond acceptors (Lipinski definition) is 4. The molecule has 3 rings (SSSR count). The van der Waals surface area contributed by atoms with Gasteiger partial charge >= 0.3 is 0 Å². The van der Waals surface area contributed by atoms with E-state index in [9.17, 15) is 4.79 Å². The summed E-state index contributed by atoms with van der Waals surface area (Å²) >= 11 is 3.16. The fraction of sp³-hybridized carbons (Fsp3) is 0.125. The van der Waals surface area contributed by atoms with Crippen LogP contribution in [0.5, 0.6) is 0 Å². The predicted octanol–water partition coefficient (Wildman–Crippen LogP) is 3.70. The average molecular weight is 314 g/mol. The minimum Gasteiger partial charge on any atom is -0.349 e. The van der Waals surface area contributed by atoms with E-state index < -0.39 is 0 Å². The Balaban J connectivity index is 1.51. The summed E-state index contributed by atoms with van der Waals surface area (Å²) in [5, 5.41) is 3.86. The second-order valence-electron chi connectivity index (χ2n) is 4.45. The molecule has 0 radical (unpaired) electrons. The van der Waals surface area contributed by atoms with Gasteiger partial charge in [0.05, 0.1) is 22.5 Å². The minimum atomic E-state index is 0.0307. The van der Waals surface area contributed by atoms with Crippen LogP contribution in [0.25, 0.3) is 10.2 Å². The number of amides is 1. The molecule has 1 amide bonds. The van der Waals surface area contributed by atoms with Gasteiger partial charge in [0.15, 0.2) is 0 Å². The molecule has 0 unspecified atom stereocenters. The monoisotopic (exact) mass is 314 g/mol. The molecule has 0 fully saturated rings. The Morgan fingerprint density at radius 1 is 1.10 bits per heavy atom. The number of carbonyl (C=O) groups is 1. The van der Waals surface area contributed by atoms with Gasteiger partial charge in [-0.3, -0.25) is 4.79 Å². The summed E-state index contributed by atoms with van der Waals surface area (Å²) in [6.07, 6.45) is 0. The van der Waals surface area contributed by atoms with Crippen LogP contribution in [0.3, 0.4) is 0 Å². The van der Waals surface area contributed by atoms with Gasteiger partial charge in [-0.05, 0) is 24.3 Å². The third-order valence-electron chi connectivity index (χ3n) is 2.89. The summed E-state index contributed by atoms with van der Waals surface area (Å²) in [5.74, 6) is 0.456. The van der Waals surface area contributed by atoms with Crippen LogP contribution < -0.4 is 5.32 Å². The first-order valence-electron chi connectivity index (χ1n) is 6.60. The highest BCUT2D eigenvalue weighted by atomic mass is 32.2. The van der Waals surface area contributed by atoms with Crippen molar-refractivity contribution >= 4 is 39.2 Å². The van der Waals surface area contributed by atoms with Gasteiger partial charge in [0.1, 0.15) is 5.01 Å². The third kappa shape index (κ3) is 3.83. The number of fused-ring (bicyclic) bond motifs is 1. The van der Waals surface area contributed by atoms with E-state index in [4.69, 9.17) is 0 Å². The maximum atomic E-state index is 11.8. The van der Waals surface area contributed by atoms with Crippen LogP contribution in [0.4, 0.5) is 0 Å². The van der Waals surface area contributed by atoms with E-state index in [1.54, 1.807) is 11.3 Å². The number of hydrogen-bond donors (Lipinski definition) is 1. The topological polar surface area (TPSA) is 42.0 Å². The Kier molecular flexibility index (Phi) is 4.52. The molecule has 1 N–H and O–H groups in total. The Hall–Kier alpha value is -1.85. The second kappa shape index (κ2) is 6.74. The van der Waals surface area contributed by atoms with Crippen molar-refractivity contribution in [1.29, 1.82) is 0 Å². The highest BCUT2D eigenvalue weighted by Crippen LogP contribution is 2.21. The molecule has 3 nitrogen and oxygen atoms in total. The highest BCUT2D eigenvalue weighted by Gasteiger charge is 2.06. The highest BCUT2D eigenvalue weighted by molar-refractivity contribution is 8.00. The van der Waals surface area contributed by atoms with E-state index in [1.165, 1.54) is 11.8 Å². The summed E-state index contributed by atoms with van der Waals surface area (Å²) in [5.41, 5.74) is 0.991. The molecule has 0 saturated carbocycles. The average Bonchev–Trinajstić information content (AvgIpc) is 2.95. The second-order valence-corrected chi connectivity index (χ2v) is 6.62. The molecule has 1 heterocycles. The number of nitrogens with zero attached hydrogens (tertiary/aromatic N) is 1. The lowest BCUT2D eigenvalue weighted by Gasteiger charge is -2.03. The van der Waals surface area contributed by atoms with Crippen molar-refractivity contribution in [2.24, 2.45) is 0 Å². The van der Waals surface area contributed by atoms with Crippen molar-refractivity contribution in [2.75, 3.05) is 5.75 Å². The standard InChI is InChI=1S/C16H14N2OS2/c19-15(11-20-12-6-2-1-3-7-12)17-10-16-18-13-8-4-5-9-14(13)21-16/h1-9H,10-11H2,(H,17,19). The first-order valence-corrected chi connectivity index (χ1v) is 8.40. The molecule has 1 aromatic heterocycles. The molecule has 0 bridgehead atoms. The van der Waals surface area contributed by atoms with Gasteiger partial charge in [0, 0.05) is 4.90 Å². The van der Waals surface area contributed by atoms with Gasteiger partial charge in [-0.25, -0.2) is 4.98 Å². The molecule has 0 atom stereocenters. The molecule has 5 heteroatoms. The molecule has 0 spiro atoms. The fourth-order valence-electron chi connectivity index (χ4n) is 1.89. The molecule has 0 aliphatic rings. The van der Waals surface area contributed by atoms with Crippen molar-refractivity contribution in [2.45, 2.75) is 11.4 Å². The number of benzene rings is 2. The Bertz CT molecular complexity index is 707. The van der Waals surface area contributed by atoms with Crippen LogP contribution in [0, 0.1) is 0 Å². The van der Waals surface area contributed by atoms with Crippen molar-refractivity contribution in [3.63, 3.8) is 0 Å². The Labute approximate surface area is 131 Å². The quantitative estimate of drug-likeness (QED) is 0.730. The van der Waals surface area contributed by atoms with Crippen LogP contribution in [0.2, 0.25) is 0 Å². The summed E-state index contributed by atoms with van der Waals surface area (Å²) in [6.45, 7) is 0.494. The molecule has 0 aliphatic heterocycles. The number of carbonyl (C=O) groups excluding carboxylic acids is 1. The van der Waals surface area contributed by atoms with Crippen LogP contribution in [0.15, 0.2) is 59.5 Å². The van der Waals surface area contributed by atoms with Gasteiger partial charge in [-0.15, -0.1) is 23.1 Å². The van der Waals surface area contributed by atoms with Crippen molar-refractivity contribution in [3.05, 3.63) is 59.6 Å². The van der Waals surface area contributed by atoms with Gasteiger partial charge in [0.25, 0.3) is 0 Å². The smallest absolute Gasteiger partial charge is 0.230 e. The normalized spacial score (nSPS) is 10.7. The summed E-state index contributed by atoms with van der Waals surface area (Å²) in [6, 6.07) is 17.9. The number of thiazole rings is 1. The van der Waals surface area contributed by atoms with Crippen LogP contribution in [0.1, 0.15) is 5.01 Å². The van der Waals surface area contributed by atoms with E-state index in [0.717, 1.165) is 20.1 Å². The summed E-state index contributed by atoms with van der Waals surface area (Å²) in [4.78, 5) is 17.5. The van der Waals surface area contributed by atoms with Crippen LogP contribution in [-0.4, -0.2) is 16.6 Å². The van der Waals surface area contributed by atoms with E-state index in [2.05, 4.69) is 10.3 Å². The Morgan fingerprint density at radius 2 is 1.86 bits per heavy atom. The minimum absolute atomic E-state index is 0.0307. The number of rotatable bonds is 5. The zero-order chi connectivity index (χ0) is 14.5. The summed E-state index contributed by atoms with van der Waals surface area (Å²) < 4.78 is 1.15. The van der Waals surface area contributed by atoms with Gasteiger partial charge in [-0.1, -0.05) is 30.3 Å². The number of nitrogens with one attached hydrogen (secondary N) is 1. The molecule has 3 aromatic rings. The zero-order valence-electron chi connectivity index (χ0n) is 11.3. The fourth-order valence-corrected chi connectivity index (χ4v) is 3.54.